The Morgan fingerprint density at radius 2 is 1.78 bits per heavy atom. The maximum absolute atomic E-state index is 11.8. The summed E-state index contributed by atoms with van der Waals surface area (Å²) in [6.45, 7) is 9.95. The molecule has 0 aliphatic carbocycles. The van der Waals surface area contributed by atoms with E-state index in [0.29, 0.717) is 18.9 Å². The van der Waals surface area contributed by atoms with E-state index in [0.717, 1.165) is 12.8 Å². The molecular formula is C14H24O4. The number of carbonyl (C=O) groups is 2. The van der Waals surface area contributed by atoms with Crippen LogP contribution in [0.2, 0.25) is 0 Å². The van der Waals surface area contributed by atoms with Gasteiger partial charge >= 0.3 is 11.9 Å². The summed E-state index contributed by atoms with van der Waals surface area (Å²) in [5.74, 6) is -1.34. The van der Waals surface area contributed by atoms with Crippen LogP contribution in [0.25, 0.3) is 0 Å². The van der Waals surface area contributed by atoms with Gasteiger partial charge in [0.1, 0.15) is 6.61 Å². The molecule has 0 spiro atoms. The van der Waals surface area contributed by atoms with E-state index in [1.165, 1.54) is 6.08 Å². The molecule has 0 aromatic carbocycles. The van der Waals surface area contributed by atoms with Gasteiger partial charge in [0.05, 0.1) is 6.61 Å². The van der Waals surface area contributed by atoms with E-state index in [9.17, 15) is 9.59 Å². The second-order valence-corrected chi connectivity index (χ2v) is 4.61. The number of hydrogen-bond donors (Lipinski definition) is 0. The highest BCUT2D eigenvalue weighted by Gasteiger charge is 2.28. The summed E-state index contributed by atoms with van der Waals surface area (Å²) in [5.41, 5.74) is 0. The van der Waals surface area contributed by atoms with E-state index in [1.54, 1.807) is 0 Å². The van der Waals surface area contributed by atoms with E-state index >= 15 is 0 Å². The molecular weight excluding hydrogens is 232 g/mol. The average molecular weight is 256 g/mol. The summed E-state index contributed by atoms with van der Waals surface area (Å²) in [6, 6.07) is 0. The van der Waals surface area contributed by atoms with Gasteiger partial charge in [-0.15, -0.1) is 0 Å². The van der Waals surface area contributed by atoms with Gasteiger partial charge < -0.3 is 9.47 Å². The molecule has 104 valence electrons. The molecule has 0 aromatic heterocycles. The van der Waals surface area contributed by atoms with E-state index in [4.69, 9.17) is 9.47 Å². The van der Waals surface area contributed by atoms with Crippen molar-refractivity contribution in [2.75, 3.05) is 13.2 Å². The van der Waals surface area contributed by atoms with Gasteiger partial charge in [-0.3, -0.25) is 9.59 Å². The molecule has 0 aliphatic rings. The predicted molar refractivity (Wildman–Crippen MR) is 70.0 cm³/mol. The summed E-state index contributed by atoms with van der Waals surface area (Å²) in [4.78, 5) is 23.4. The normalized spacial score (nSPS) is 12.0. The van der Waals surface area contributed by atoms with Crippen LogP contribution in [0.15, 0.2) is 12.7 Å². The lowest BCUT2D eigenvalue weighted by Crippen LogP contribution is -2.28. The lowest BCUT2D eigenvalue weighted by molar-refractivity contribution is -0.162. The molecule has 0 bridgehead atoms. The first kappa shape index (κ1) is 16.7. The van der Waals surface area contributed by atoms with Crippen LogP contribution in [0, 0.1) is 11.8 Å². The lowest BCUT2D eigenvalue weighted by atomic mass is 10.0. The van der Waals surface area contributed by atoms with Crippen molar-refractivity contribution in [2.45, 2.75) is 40.0 Å². The van der Waals surface area contributed by atoms with Gasteiger partial charge in [-0.1, -0.05) is 39.8 Å². The fourth-order valence-electron chi connectivity index (χ4n) is 1.36. The van der Waals surface area contributed by atoms with Crippen molar-refractivity contribution in [3.05, 3.63) is 12.7 Å². The van der Waals surface area contributed by atoms with Gasteiger partial charge in [-0.25, -0.2) is 0 Å². The Morgan fingerprint density at radius 1 is 1.17 bits per heavy atom. The van der Waals surface area contributed by atoms with Crippen molar-refractivity contribution in [1.29, 1.82) is 0 Å². The van der Waals surface area contributed by atoms with Crippen molar-refractivity contribution < 1.29 is 19.1 Å². The smallest absolute Gasteiger partial charge is 0.320 e. The summed E-state index contributed by atoms with van der Waals surface area (Å²) < 4.78 is 10.00. The molecule has 0 aromatic rings. The quantitative estimate of drug-likeness (QED) is 0.361. The van der Waals surface area contributed by atoms with Crippen LogP contribution in [0.5, 0.6) is 0 Å². The minimum Gasteiger partial charge on any atom is -0.465 e. The van der Waals surface area contributed by atoms with Crippen LogP contribution in [0.3, 0.4) is 0 Å². The van der Waals surface area contributed by atoms with Crippen LogP contribution < -0.4 is 0 Å². The summed E-state index contributed by atoms with van der Waals surface area (Å²) in [5, 5.41) is 0. The first-order valence-electron chi connectivity index (χ1n) is 6.47. The molecule has 0 aliphatic heterocycles. The Hall–Kier alpha value is -1.32. The highest BCUT2D eigenvalue weighted by molar-refractivity contribution is 5.94. The Balaban J connectivity index is 4.25. The largest absolute Gasteiger partial charge is 0.465 e. The van der Waals surface area contributed by atoms with E-state index in [-0.39, 0.29) is 6.61 Å². The standard InChI is InChI=1S/C14H24O4/c1-5-7-12(13(15)17-9-6-2)14(16)18-10-8-11(3)4/h6,11-12H,2,5,7-10H2,1,3-4H3. The first-order chi connectivity index (χ1) is 8.52. The van der Waals surface area contributed by atoms with Crippen molar-refractivity contribution in [3.63, 3.8) is 0 Å². The second-order valence-electron chi connectivity index (χ2n) is 4.61. The van der Waals surface area contributed by atoms with Crippen LogP contribution in [0.4, 0.5) is 0 Å². The first-order valence-corrected chi connectivity index (χ1v) is 6.47. The highest BCUT2D eigenvalue weighted by atomic mass is 16.6. The molecule has 1 unspecified atom stereocenters. The number of rotatable bonds is 9. The summed E-state index contributed by atoms with van der Waals surface area (Å²) >= 11 is 0. The van der Waals surface area contributed by atoms with Gasteiger partial charge in [0.25, 0.3) is 0 Å². The SMILES string of the molecule is C=CCOC(=O)C(CCC)C(=O)OCCC(C)C. The number of ether oxygens (including phenoxy) is 2. The van der Waals surface area contributed by atoms with Crippen LogP contribution in [-0.2, 0) is 19.1 Å². The van der Waals surface area contributed by atoms with Gasteiger partial charge in [-0.2, -0.15) is 0 Å². The molecule has 0 amide bonds. The third-order valence-electron chi connectivity index (χ3n) is 2.43. The fourth-order valence-corrected chi connectivity index (χ4v) is 1.36. The van der Waals surface area contributed by atoms with Crippen LogP contribution in [0.1, 0.15) is 40.0 Å². The third kappa shape index (κ3) is 7.09. The molecule has 18 heavy (non-hydrogen) atoms. The second kappa shape index (κ2) is 9.68. The molecule has 0 N–H and O–H groups in total. The van der Waals surface area contributed by atoms with Crippen LogP contribution in [-0.4, -0.2) is 25.2 Å². The molecule has 0 heterocycles. The maximum Gasteiger partial charge on any atom is 0.320 e. The van der Waals surface area contributed by atoms with Gasteiger partial charge in [0.2, 0.25) is 0 Å². The predicted octanol–water partition coefficient (Wildman–Crippen LogP) is 2.72. The fraction of sp³-hybridized carbons (Fsp3) is 0.714. The topological polar surface area (TPSA) is 52.6 Å². The molecule has 0 saturated carbocycles. The molecule has 0 radical (unpaired) electrons. The lowest BCUT2D eigenvalue weighted by Gasteiger charge is -2.14. The van der Waals surface area contributed by atoms with Crippen molar-refractivity contribution in [1.82, 2.24) is 0 Å². The minimum absolute atomic E-state index is 0.123. The van der Waals surface area contributed by atoms with E-state index in [2.05, 4.69) is 20.4 Å². The van der Waals surface area contributed by atoms with Crippen LogP contribution >= 0.6 is 0 Å². The van der Waals surface area contributed by atoms with E-state index < -0.39 is 17.9 Å². The zero-order chi connectivity index (χ0) is 14.0. The zero-order valence-electron chi connectivity index (χ0n) is 11.6. The minimum atomic E-state index is -0.804. The Labute approximate surface area is 109 Å². The number of esters is 2. The van der Waals surface area contributed by atoms with E-state index in [1.807, 2.05) is 6.92 Å². The van der Waals surface area contributed by atoms with Crippen molar-refractivity contribution >= 4 is 11.9 Å². The van der Waals surface area contributed by atoms with Crippen molar-refractivity contribution in [2.24, 2.45) is 11.8 Å². The summed E-state index contributed by atoms with van der Waals surface area (Å²) in [7, 11) is 0. The Morgan fingerprint density at radius 3 is 2.28 bits per heavy atom. The molecule has 0 rings (SSSR count). The number of hydrogen-bond acceptors (Lipinski definition) is 4. The molecule has 4 heteroatoms. The number of carbonyl (C=O) groups excluding carboxylic acids is 2. The Bertz CT molecular complexity index is 271. The molecule has 1 atom stereocenters. The van der Waals surface area contributed by atoms with Crippen molar-refractivity contribution in [3.8, 4) is 0 Å². The Kier molecular flexibility index (Phi) is 8.97. The highest BCUT2D eigenvalue weighted by Crippen LogP contribution is 2.12. The third-order valence-corrected chi connectivity index (χ3v) is 2.43. The van der Waals surface area contributed by atoms with Gasteiger partial charge in [-0.05, 0) is 18.8 Å². The zero-order valence-corrected chi connectivity index (χ0v) is 11.6. The monoisotopic (exact) mass is 256 g/mol. The van der Waals surface area contributed by atoms with Gasteiger partial charge in [0, 0.05) is 0 Å². The molecule has 0 saturated heterocycles. The average Bonchev–Trinajstić information content (AvgIpc) is 2.32. The van der Waals surface area contributed by atoms with Gasteiger partial charge in [0.15, 0.2) is 5.92 Å². The molecule has 4 nitrogen and oxygen atoms in total. The maximum atomic E-state index is 11.8. The summed E-state index contributed by atoms with van der Waals surface area (Å²) in [6.07, 6.45) is 3.46. The molecule has 0 fully saturated rings.